The van der Waals surface area contributed by atoms with Crippen molar-refractivity contribution in [3.63, 3.8) is 0 Å². The fourth-order valence-electron chi connectivity index (χ4n) is 2.15. The third kappa shape index (κ3) is 2.71. The Morgan fingerprint density at radius 2 is 1.77 bits per heavy atom. The molecular formula is C16H11ClN2O3. The maximum Gasteiger partial charge on any atom is 0.302 e. The van der Waals surface area contributed by atoms with Gasteiger partial charge in [-0.3, -0.25) is 10.1 Å². The van der Waals surface area contributed by atoms with Gasteiger partial charge in [-0.2, -0.15) is 0 Å². The van der Waals surface area contributed by atoms with E-state index in [1.54, 1.807) is 24.3 Å². The van der Waals surface area contributed by atoms with Crippen LogP contribution in [0.15, 0.2) is 54.6 Å². The van der Waals surface area contributed by atoms with Gasteiger partial charge in [0, 0.05) is 0 Å². The molecule has 5 nitrogen and oxygen atoms in total. The molecule has 1 heterocycles. The van der Waals surface area contributed by atoms with Gasteiger partial charge in [0.2, 0.25) is 5.88 Å². The number of hydrogen-bond donors (Lipinski definition) is 0. The van der Waals surface area contributed by atoms with E-state index in [1.165, 1.54) is 0 Å². The number of halogens is 1. The van der Waals surface area contributed by atoms with E-state index in [2.05, 4.69) is 4.98 Å². The molecule has 3 aromatic rings. The number of fused-ring (bicyclic) bond motifs is 1. The molecule has 2 aromatic carbocycles. The van der Waals surface area contributed by atoms with Crippen molar-refractivity contribution in [3.8, 4) is 5.88 Å². The maximum absolute atomic E-state index is 11.3. The molecule has 0 aliphatic carbocycles. The molecule has 0 saturated heterocycles. The van der Waals surface area contributed by atoms with Crippen LogP contribution in [-0.4, -0.2) is 9.91 Å². The molecule has 0 saturated carbocycles. The minimum Gasteiger partial charge on any atom is -0.472 e. The molecule has 0 amide bonds. The Morgan fingerprint density at radius 1 is 1.09 bits per heavy atom. The first-order valence-electron chi connectivity index (χ1n) is 6.56. The van der Waals surface area contributed by atoms with Crippen LogP contribution in [0, 0.1) is 10.1 Å². The maximum atomic E-state index is 11.3. The Balaban J connectivity index is 2.02. The predicted molar refractivity (Wildman–Crippen MR) is 84.2 cm³/mol. The van der Waals surface area contributed by atoms with Crippen LogP contribution in [0.1, 0.15) is 5.56 Å². The molecule has 0 fully saturated rings. The first-order valence-corrected chi connectivity index (χ1v) is 6.94. The standard InChI is InChI=1S/C16H11ClN2O3/c17-14-15(19(20)21)12-8-4-5-9-13(12)18-16(14)22-10-11-6-2-1-3-7-11/h1-9H,10H2. The summed E-state index contributed by atoms with van der Waals surface area (Å²) < 4.78 is 5.57. The smallest absolute Gasteiger partial charge is 0.302 e. The van der Waals surface area contributed by atoms with Crippen LogP contribution in [-0.2, 0) is 6.61 Å². The van der Waals surface area contributed by atoms with Gasteiger partial charge in [0.05, 0.1) is 15.8 Å². The molecular weight excluding hydrogens is 304 g/mol. The number of nitro groups is 1. The van der Waals surface area contributed by atoms with Crippen LogP contribution in [0.2, 0.25) is 5.02 Å². The van der Waals surface area contributed by atoms with Crippen molar-refractivity contribution in [1.82, 2.24) is 4.98 Å². The van der Waals surface area contributed by atoms with Crippen molar-refractivity contribution in [3.05, 3.63) is 75.3 Å². The zero-order valence-electron chi connectivity index (χ0n) is 11.4. The number of rotatable bonds is 4. The highest BCUT2D eigenvalue weighted by atomic mass is 35.5. The van der Waals surface area contributed by atoms with Crippen molar-refractivity contribution < 1.29 is 9.66 Å². The number of ether oxygens (including phenoxy) is 1. The van der Waals surface area contributed by atoms with Crippen molar-refractivity contribution in [1.29, 1.82) is 0 Å². The quantitative estimate of drug-likeness (QED) is 0.529. The summed E-state index contributed by atoms with van der Waals surface area (Å²) in [6.07, 6.45) is 0. The van der Waals surface area contributed by atoms with E-state index in [9.17, 15) is 10.1 Å². The Bertz CT molecular complexity index is 837. The molecule has 3 rings (SSSR count). The predicted octanol–water partition coefficient (Wildman–Crippen LogP) is 4.38. The minimum absolute atomic E-state index is 0.0657. The summed E-state index contributed by atoms with van der Waals surface area (Å²) in [7, 11) is 0. The molecule has 0 radical (unpaired) electrons. The summed E-state index contributed by atoms with van der Waals surface area (Å²) in [5, 5.41) is 11.6. The minimum atomic E-state index is -0.512. The summed E-state index contributed by atoms with van der Waals surface area (Å²) in [4.78, 5) is 15.1. The van der Waals surface area contributed by atoms with Gasteiger partial charge >= 0.3 is 5.69 Å². The Labute approximate surface area is 131 Å². The van der Waals surface area contributed by atoms with Gasteiger partial charge in [-0.1, -0.05) is 54.1 Å². The second-order valence-electron chi connectivity index (χ2n) is 4.63. The van der Waals surface area contributed by atoms with E-state index < -0.39 is 4.92 Å². The molecule has 0 aliphatic heterocycles. The molecule has 1 aromatic heterocycles. The van der Waals surface area contributed by atoms with Gasteiger partial charge in [-0.05, 0) is 17.7 Å². The van der Waals surface area contributed by atoms with E-state index >= 15 is 0 Å². The lowest BCUT2D eigenvalue weighted by atomic mass is 10.2. The summed E-state index contributed by atoms with van der Waals surface area (Å²) in [6, 6.07) is 16.2. The first-order chi connectivity index (χ1) is 10.7. The largest absolute Gasteiger partial charge is 0.472 e. The number of aromatic nitrogens is 1. The fourth-order valence-corrected chi connectivity index (χ4v) is 2.42. The van der Waals surface area contributed by atoms with Crippen LogP contribution in [0.25, 0.3) is 10.9 Å². The number of benzene rings is 2. The van der Waals surface area contributed by atoms with Crippen molar-refractivity contribution in [2.45, 2.75) is 6.61 Å². The average Bonchev–Trinajstić information content (AvgIpc) is 2.53. The normalized spacial score (nSPS) is 10.6. The summed E-state index contributed by atoms with van der Waals surface area (Å²) in [5.74, 6) is 0.0657. The molecule has 6 heteroatoms. The van der Waals surface area contributed by atoms with E-state index in [1.807, 2.05) is 30.3 Å². The average molecular weight is 315 g/mol. The molecule has 0 N–H and O–H groups in total. The molecule has 110 valence electrons. The van der Waals surface area contributed by atoms with Crippen LogP contribution >= 0.6 is 11.6 Å². The van der Waals surface area contributed by atoms with E-state index in [0.29, 0.717) is 10.9 Å². The third-order valence-electron chi connectivity index (χ3n) is 3.18. The zero-order valence-corrected chi connectivity index (χ0v) is 12.2. The highest BCUT2D eigenvalue weighted by molar-refractivity contribution is 6.35. The Morgan fingerprint density at radius 3 is 2.50 bits per heavy atom. The second kappa shape index (κ2) is 5.99. The van der Waals surface area contributed by atoms with Crippen molar-refractivity contribution in [2.24, 2.45) is 0 Å². The van der Waals surface area contributed by atoms with Crippen LogP contribution in [0.5, 0.6) is 5.88 Å². The number of nitrogens with zero attached hydrogens (tertiary/aromatic N) is 2. The summed E-state index contributed by atoms with van der Waals surface area (Å²) in [5.41, 5.74) is 1.22. The van der Waals surface area contributed by atoms with Gasteiger partial charge in [0.1, 0.15) is 6.61 Å². The fraction of sp³-hybridized carbons (Fsp3) is 0.0625. The van der Waals surface area contributed by atoms with E-state index in [-0.39, 0.29) is 23.2 Å². The first kappa shape index (κ1) is 14.3. The zero-order chi connectivity index (χ0) is 15.5. The lowest BCUT2D eigenvalue weighted by Gasteiger charge is -2.09. The lowest BCUT2D eigenvalue weighted by molar-refractivity contribution is -0.383. The SMILES string of the molecule is O=[N+]([O-])c1c(Cl)c(OCc2ccccc2)nc2ccccc12. The van der Waals surface area contributed by atoms with Gasteiger partial charge in [-0.25, -0.2) is 4.98 Å². The lowest BCUT2D eigenvalue weighted by Crippen LogP contribution is -2.01. The van der Waals surface area contributed by atoms with Gasteiger partial charge in [-0.15, -0.1) is 0 Å². The summed E-state index contributed by atoms with van der Waals surface area (Å²) in [6.45, 7) is 0.239. The van der Waals surface area contributed by atoms with Crippen LogP contribution < -0.4 is 4.74 Å². The van der Waals surface area contributed by atoms with Crippen LogP contribution in [0.3, 0.4) is 0 Å². The number of hydrogen-bond acceptors (Lipinski definition) is 4. The number of para-hydroxylation sites is 1. The molecule has 22 heavy (non-hydrogen) atoms. The summed E-state index contributed by atoms with van der Waals surface area (Å²) >= 11 is 6.12. The number of pyridine rings is 1. The molecule has 0 atom stereocenters. The van der Waals surface area contributed by atoms with Gasteiger partial charge < -0.3 is 4.74 Å². The third-order valence-corrected chi connectivity index (χ3v) is 3.52. The topological polar surface area (TPSA) is 65.3 Å². The van der Waals surface area contributed by atoms with Gasteiger partial charge in [0.15, 0.2) is 5.02 Å². The second-order valence-corrected chi connectivity index (χ2v) is 5.01. The Kier molecular flexibility index (Phi) is 3.89. The van der Waals surface area contributed by atoms with Crippen molar-refractivity contribution >= 4 is 28.2 Å². The monoisotopic (exact) mass is 314 g/mol. The Hall–Kier alpha value is -2.66. The molecule has 0 bridgehead atoms. The molecule has 0 unspecified atom stereocenters. The highest BCUT2D eigenvalue weighted by Gasteiger charge is 2.23. The van der Waals surface area contributed by atoms with Crippen molar-refractivity contribution in [2.75, 3.05) is 0 Å². The van der Waals surface area contributed by atoms with Gasteiger partial charge in [0.25, 0.3) is 0 Å². The highest BCUT2D eigenvalue weighted by Crippen LogP contribution is 2.38. The van der Waals surface area contributed by atoms with E-state index in [4.69, 9.17) is 16.3 Å². The van der Waals surface area contributed by atoms with E-state index in [0.717, 1.165) is 5.56 Å². The molecule has 0 spiro atoms. The van der Waals surface area contributed by atoms with Crippen LogP contribution in [0.4, 0.5) is 5.69 Å². The molecule has 0 aliphatic rings.